The molecule has 0 bridgehead atoms. The first kappa shape index (κ1) is 16.7. The zero-order chi connectivity index (χ0) is 15.2. The first-order chi connectivity index (χ1) is 9.32. The summed E-state index contributed by atoms with van der Waals surface area (Å²) in [5, 5.41) is 2.99. The molecule has 0 saturated heterocycles. The number of hydrogen-bond donors (Lipinski definition) is 2. The van der Waals surface area contributed by atoms with E-state index < -0.39 is 0 Å². The molecular formula is C17H28N2O. The fourth-order valence-electron chi connectivity index (χ4n) is 1.85. The van der Waals surface area contributed by atoms with Gasteiger partial charge in [0.25, 0.3) is 0 Å². The first-order valence-electron chi connectivity index (χ1n) is 7.37. The van der Waals surface area contributed by atoms with Gasteiger partial charge in [0.1, 0.15) is 0 Å². The molecule has 1 aromatic rings. The minimum Gasteiger partial charge on any atom is -0.352 e. The number of nitrogens with two attached hydrogens (primary N) is 1. The van der Waals surface area contributed by atoms with Crippen LogP contribution in [0.2, 0.25) is 0 Å². The minimum atomic E-state index is 0.124. The maximum atomic E-state index is 11.9. The van der Waals surface area contributed by atoms with Gasteiger partial charge >= 0.3 is 0 Å². The van der Waals surface area contributed by atoms with Crippen LogP contribution < -0.4 is 11.1 Å². The molecule has 3 heteroatoms. The molecule has 3 nitrogen and oxygen atoms in total. The molecule has 1 amide bonds. The molecule has 0 aliphatic rings. The Balaban J connectivity index is 2.41. The van der Waals surface area contributed by atoms with Crippen LogP contribution in [0.3, 0.4) is 0 Å². The van der Waals surface area contributed by atoms with Crippen LogP contribution in [0.15, 0.2) is 24.3 Å². The highest BCUT2D eigenvalue weighted by Crippen LogP contribution is 2.27. The minimum absolute atomic E-state index is 0.124. The van der Waals surface area contributed by atoms with Crippen molar-refractivity contribution in [1.29, 1.82) is 0 Å². The molecule has 0 radical (unpaired) electrons. The van der Waals surface area contributed by atoms with E-state index >= 15 is 0 Å². The molecule has 0 saturated carbocycles. The number of rotatable bonds is 6. The van der Waals surface area contributed by atoms with Crippen molar-refractivity contribution in [2.45, 2.75) is 47.1 Å². The number of carbonyl (C=O) groups is 1. The molecule has 1 rings (SSSR count). The van der Waals surface area contributed by atoms with Crippen molar-refractivity contribution in [3.63, 3.8) is 0 Å². The van der Waals surface area contributed by atoms with Gasteiger partial charge in [0.15, 0.2) is 0 Å². The molecule has 3 N–H and O–H groups in total. The Labute approximate surface area is 122 Å². The second-order valence-corrected chi connectivity index (χ2v) is 6.60. The van der Waals surface area contributed by atoms with Crippen molar-refractivity contribution in [2.24, 2.45) is 17.1 Å². The van der Waals surface area contributed by atoms with Gasteiger partial charge in [-0.1, -0.05) is 52.0 Å². The van der Waals surface area contributed by atoms with Crippen LogP contribution in [-0.4, -0.2) is 12.5 Å². The second-order valence-electron chi connectivity index (χ2n) is 6.60. The van der Waals surface area contributed by atoms with E-state index in [1.807, 2.05) is 0 Å². The zero-order valence-electron chi connectivity index (χ0n) is 13.2. The summed E-state index contributed by atoms with van der Waals surface area (Å²) in [4.78, 5) is 11.9. The van der Waals surface area contributed by atoms with E-state index in [0.29, 0.717) is 25.4 Å². The van der Waals surface area contributed by atoms with Gasteiger partial charge in [-0.15, -0.1) is 0 Å². The SMILES string of the molecule is CC(CC(=O)NCc1ccc(CCN)cc1)C(C)(C)C. The Bertz CT molecular complexity index is 418. The van der Waals surface area contributed by atoms with E-state index in [9.17, 15) is 4.79 Å². The molecule has 0 aliphatic heterocycles. The molecule has 112 valence electrons. The van der Waals surface area contributed by atoms with Crippen LogP contribution in [0, 0.1) is 11.3 Å². The number of benzene rings is 1. The molecular weight excluding hydrogens is 248 g/mol. The number of nitrogens with one attached hydrogen (secondary N) is 1. The van der Waals surface area contributed by atoms with Crippen molar-refractivity contribution in [1.82, 2.24) is 5.32 Å². The summed E-state index contributed by atoms with van der Waals surface area (Å²) in [5.41, 5.74) is 8.06. The quantitative estimate of drug-likeness (QED) is 0.839. The lowest BCUT2D eigenvalue weighted by Gasteiger charge is -2.26. The molecule has 20 heavy (non-hydrogen) atoms. The Morgan fingerprint density at radius 3 is 2.25 bits per heavy atom. The number of hydrogen-bond acceptors (Lipinski definition) is 2. The third kappa shape index (κ3) is 5.74. The summed E-state index contributed by atoms with van der Waals surface area (Å²) in [7, 11) is 0. The van der Waals surface area contributed by atoms with Crippen LogP contribution in [-0.2, 0) is 17.8 Å². The Hall–Kier alpha value is -1.35. The van der Waals surface area contributed by atoms with Gasteiger partial charge in [0.2, 0.25) is 5.91 Å². The molecule has 1 atom stereocenters. The average Bonchev–Trinajstić information content (AvgIpc) is 2.37. The van der Waals surface area contributed by atoms with Gasteiger partial charge in [-0.3, -0.25) is 4.79 Å². The predicted molar refractivity (Wildman–Crippen MR) is 84.3 cm³/mol. The zero-order valence-corrected chi connectivity index (χ0v) is 13.2. The van der Waals surface area contributed by atoms with E-state index in [4.69, 9.17) is 5.73 Å². The molecule has 0 heterocycles. The van der Waals surface area contributed by atoms with Gasteiger partial charge in [0, 0.05) is 13.0 Å². The Morgan fingerprint density at radius 1 is 1.20 bits per heavy atom. The Morgan fingerprint density at radius 2 is 1.75 bits per heavy atom. The molecule has 0 spiro atoms. The molecule has 1 unspecified atom stereocenters. The van der Waals surface area contributed by atoms with Crippen molar-refractivity contribution < 1.29 is 4.79 Å². The molecule has 0 aliphatic carbocycles. The third-order valence-corrected chi connectivity index (χ3v) is 3.92. The summed E-state index contributed by atoms with van der Waals surface area (Å²) in [5.74, 6) is 0.493. The summed E-state index contributed by atoms with van der Waals surface area (Å²) in [6.45, 7) is 9.89. The van der Waals surface area contributed by atoms with Gasteiger partial charge in [-0.2, -0.15) is 0 Å². The Kier molecular flexibility index (Phi) is 6.21. The summed E-state index contributed by atoms with van der Waals surface area (Å²) in [6, 6.07) is 8.26. The van der Waals surface area contributed by atoms with Crippen molar-refractivity contribution in [3.05, 3.63) is 35.4 Å². The van der Waals surface area contributed by atoms with E-state index in [1.165, 1.54) is 5.56 Å². The highest BCUT2D eigenvalue weighted by molar-refractivity contribution is 5.76. The van der Waals surface area contributed by atoms with Gasteiger partial charge in [0.05, 0.1) is 0 Å². The van der Waals surface area contributed by atoms with E-state index in [0.717, 1.165) is 12.0 Å². The maximum Gasteiger partial charge on any atom is 0.220 e. The second kappa shape index (κ2) is 7.44. The monoisotopic (exact) mass is 276 g/mol. The molecule has 1 aromatic carbocycles. The lowest BCUT2D eigenvalue weighted by molar-refractivity contribution is -0.122. The van der Waals surface area contributed by atoms with Gasteiger partial charge in [-0.25, -0.2) is 0 Å². The lowest BCUT2D eigenvalue weighted by Crippen LogP contribution is -2.28. The topological polar surface area (TPSA) is 55.1 Å². The van der Waals surface area contributed by atoms with E-state index in [1.54, 1.807) is 0 Å². The van der Waals surface area contributed by atoms with Crippen LogP contribution in [0.25, 0.3) is 0 Å². The van der Waals surface area contributed by atoms with Gasteiger partial charge < -0.3 is 11.1 Å². The summed E-state index contributed by atoms with van der Waals surface area (Å²) >= 11 is 0. The number of carbonyl (C=O) groups excluding carboxylic acids is 1. The van der Waals surface area contributed by atoms with E-state index in [-0.39, 0.29) is 11.3 Å². The average molecular weight is 276 g/mol. The largest absolute Gasteiger partial charge is 0.352 e. The predicted octanol–water partition coefficient (Wildman–Crippen LogP) is 2.88. The van der Waals surface area contributed by atoms with E-state index in [2.05, 4.69) is 57.3 Å². The summed E-state index contributed by atoms with van der Waals surface area (Å²) in [6.07, 6.45) is 1.48. The van der Waals surface area contributed by atoms with Crippen LogP contribution >= 0.6 is 0 Å². The van der Waals surface area contributed by atoms with Crippen molar-refractivity contribution >= 4 is 5.91 Å². The van der Waals surface area contributed by atoms with Crippen LogP contribution in [0.1, 0.15) is 45.2 Å². The highest BCUT2D eigenvalue weighted by atomic mass is 16.1. The standard InChI is InChI=1S/C17H28N2O/c1-13(17(2,3)4)11-16(20)19-12-15-7-5-14(6-8-15)9-10-18/h5-8,13H,9-12,18H2,1-4H3,(H,19,20). The highest BCUT2D eigenvalue weighted by Gasteiger charge is 2.22. The molecule has 0 aromatic heterocycles. The smallest absolute Gasteiger partial charge is 0.220 e. The van der Waals surface area contributed by atoms with Crippen molar-refractivity contribution in [3.8, 4) is 0 Å². The summed E-state index contributed by atoms with van der Waals surface area (Å²) < 4.78 is 0. The normalized spacial score (nSPS) is 13.1. The fourth-order valence-corrected chi connectivity index (χ4v) is 1.85. The fraction of sp³-hybridized carbons (Fsp3) is 0.588. The van der Waals surface area contributed by atoms with Crippen LogP contribution in [0.5, 0.6) is 0 Å². The molecule has 0 fully saturated rings. The number of amides is 1. The van der Waals surface area contributed by atoms with Crippen LogP contribution in [0.4, 0.5) is 0 Å². The first-order valence-corrected chi connectivity index (χ1v) is 7.37. The van der Waals surface area contributed by atoms with Gasteiger partial charge in [-0.05, 0) is 35.4 Å². The third-order valence-electron chi connectivity index (χ3n) is 3.92. The lowest BCUT2D eigenvalue weighted by atomic mass is 9.80. The van der Waals surface area contributed by atoms with Crippen molar-refractivity contribution in [2.75, 3.05) is 6.54 Å². The maximum absolute atomic E-state index is 11.9.